The number of esters is 1. The minimum Gasteiger partial charge on any atom is -0.462 e. The molecule has 1 saturated heterocycles. The van der Waals surface area contributed by atoms with Crippen molar-refractivity contribution >= 4 is 23.5 Å². The number of hydrogen-bond donors (Lipinski definition) is 0. The van der Waals surface area contributed by atoms with Gasteiger partial charge in [-0.25, -0.2) is 4.79 Å². The van der Waals surface area contributed by atoms with E-state index in [1.54, 1.807) is 6.92 Å². The summed E-state index contributed by atoms with van der Waals surface area (Å²) < 4.78 is 17.4. The normalized spacial score (nSPS) is 38.2. The number of hydrogen-bond acceptors (Lipinski definition) is 8. The van der Waals surface area contributed by atoms with E-state index in [0.717, 1.165) is 54.7 Å². The van der Waals surface area contributed by atoms with E-state index in [1.165, 1.54) is 25.7 Å². The second-order valence-corrected chi connectivity index (χ2v) is 12.4. The van der Waals surface area contributed by atoms with Crippen LogP contribution in [0.3, 0.4) is 0 Å². The number of nitrogens with zero attached hydrogens (tertiary/aromatic N) is 2. The van der Waals surface area contributed by atoms with Crippen molar-refractivity contribution in [1.82, 2.24) is 10.1 Å². The molecule has 1 aromatic heterocycles. The second kappa shape index (κ2) is 9.58. The second-order valence-electron chi connectivity index (χ2n) is 11.1. The molecule has 4 fully saturated rings. The monoisotopic (exact) mass is 500 g/mol. The van der Waals surface area contributed by atoms with E-state index in [0.29, 0.717) is 0 Å². The third-order valence-electron chi connectivity index (χ3n) is 8.98. The first-order valence-corrected chi connectivity index (χ1v) is 14.5. The molecule has 0 spiro atoms. The summed E-state index contributed by atoms with van der Waals surface area (Å²) in [7, 11) is 0. The lowest BCUT2D eigenvalue weighted by Crippen LogP contribution is -2.68. The smallest absolute Gasteiger partial charge is 0.343 e. The van der Waals surface area contributed by atoms with E-state index in [9.17, 15) is 9.59 Å². The van der Waals surface area contributed by atoms with Gasteiger partial charge in [-0.05, 0) is 51.4 Å². The molecule has 8 atom stereocenters. The largest absolute Gasteiger partial charge is 0.462 e. The van der Waals surface area contributed by atoms with Crippen molar-refractivity contribution in [3.63, 3.8) is 0 Å². The van der Waals surface area contributed by atoms with Crippen molar-refractivity contribution in [3.8, 4) is 0 Å². The van der Waals surface area contributed by atoms with Crippen LogP contribution in [0.1, 0.15) is 69.7 Å². The van der Waals surface area contributed by atoms with Gasteiger partial charge in [0.15, 0.2) is 5.78 Å². The summed E-state index contributed by atoms with van der Waals surface area (Å²) in [5.41, 5.74) is 1.16. The van der Waals surface area contributed by atoms with Crippen molar-refractivity contribution in [2.24, 2.45) is 17.8 Å². The van der Waals surface area contributed by atoms with E-state index in [1.807, 2.05) is 31.0 Å². The number of Topliss-reactive ketones (excluding diaryl/α,β-unsaturated/α-hetero) is 1. The van der Waals surface area contributed by atoms with Crippen LogP contribution in [0.5, 0.6) is 0 Å². The van der Waals surface area contributed by atoms with E-state index in [-0.39, 0.29) is 53.4 Å². The van der Waals surface area contributed by atoms with Crippen molar-refractivity contribution < 1.29 is 23.6 Å². The molecule has 35 heavy (non-hydrogen) atoms. The van der Waals surface area contributed by atoms with Crippen molar-refractivity contribution in [3.05, 3.63) is 29.3 Å². The summed E-state index contributed by atoms with van der Waals surface area (Å²) >= 11 is 1.82. The summed E-state index contributed by atoms with van der Waals surface area (Å²) in [6.45, 7) is 3.96. The zero-order valence-corrected chi connectivity index (χ0v) is 21.5. The molecule has 0 N–H and O–H groups in total. The van der Waals surface area contributed by atoms with Gasteiger partial charge in [0.2, 0.25) is 0 Å². The number of aromatic nitrogens is 1. The first-order chi connectivity index (χ1) is 17.0. The molecule has 7 nitrogen and oxygen atoms in total. The number of ether oxygens (including phenoxy) is 2. The lowest BCUT2D eigenvalue weighted by Gasteiger charge is -2.59. The average molecular weight is 501 g/mol. The number of fused-ring (bicyclic) bond motifs is 3. The Hall–Kier alpha value is -1.80. The Balaban J connectivity index is 1.28. The fraction of sp³-hybridized carbons (Fsp3) is 0.741. The topological polar surface area (TPSA) is 81.9 Å². The summed E-state index contributed by atoms with van der Waals surface area (Å²) in [6.07, 6.45) is 11.2. The molecule has 3 saturated carbocycles. The number of thioether (sulfide) groups is 1. The fourth-order valence-corrected chi connectivity index (χ4v) is 8.70. The van der Waals surface area contributed by atoms with E-state index >= 15 is 0 Å². The quantitative estimate of drug-likeness (QED) is 0.434. The average Bonchev–Trinajstić information content (AvgIpc) is 3.28. The molecule has 8 unspecified atom stereocenters. The Kier molecular flexibility index (Phi) is 6.46. The number of morpholine rings is 1. The predicted molar refractivity (Wildman–Crippen MR) is 132 cm³/mol. The standard InChI is InChI=1S/C27H36N2O5S/c1-3-32-27(31)21-13-29-22-9-16-6-4-5-7-17(16)10-23(22)33-24-12-19(11-20(25(24)29)26(21)30)35-14-18-8-15(2)34-28-18/h8,13,16-17,19-20,22-25H,3-7,9-12,14H2,1-2H3. The maximum absolute atomic E-state index is 13.6. The zero-order chi connectivity index (χ0) is 24.1. The Morgan fingerprint density at radius 2 is 1.97 bits per heavy atom. The summed E-state index contributed by atoms with van der Waals surface area (Å²) in [5, 5.41) is 4.41. The van der Waals surface area contributed by atoms with Crippen LogP contribution in [0.4, 0.5) is 0 Å². The highest BCUT2D eigenvalue weighted by atomic mass is 32.2. The Morgan fingerprint density at radius 3 is 2.71 bits per heavy atom. The molecule has 8 heteroatoms. The van der Waals surface area contributed by atoms with Crippen molar-refractivity contribution in [1.29, 1.82) is 0 Å². The molecule has 3 heterocycles. The van der Waals surface area contributed by atoms with Crippen LogP contribution in [0.15, 0.2) is 22.4 Å². The molecule has 5 aliphatic rings. The minimum atomic E-state index is -0.477. The first kappa shape index (κ1) is 23.6. The van der Waals surface area contributed by atoms with Gasteiger partial charge in [0.1, 0.15) is 11.3 Å². The number of aryl methyl sites for hydroxylation is 1. The van der Waals surface area contributed by atoms with Gasteiger partial charge >= 0.3 is 5.97 Å². The number of carbonyl (C=O) groups is 2. The number of carbonyl (C=O) groups excluding carboxylic acids is 2. The molecule has 1 aromatic rings. The highest BCUT2D eigenvalue weighted by molar-refractivity contribution is 7.99. The molecule has 0 amide bonds. The van der Waals surface area contributed by atoms with Crippen LogP contribution >= 0.6 is 11.8 Å². The van der Waals surface area contributed by atoms with E-state index < -0.39 is 5.97 Å². The van der Waals surface area contributed by atoms with Gasteiger partial charge in [0.05, 0.1) is 36.6 Å². The van der Waals surface area contributed by atoms with Crippen LogP contribution in [-0.2, 0) is 24.8 Å². The molecule has 190 valence electrons. The summed E-state index contributed by atoms with van der Waals surface area (Å²) in [5.74, 6) is 2.27. The molecule has 0 bridgehead atoms. The van der Waals surface area contributed by atoms with E-state index in [4.69, 9.17) is 14.0 Å². The van der Waals surface area contributed by atoms with Crippen LogP contribution in [-0.4, -0.2) is 58.0 Å². The molecular formula is C27H36N2O5S. The van der Waals surface area contributed by atoms with Crippen molar-refractivity contribution in [2.75, 3.05) is 6.61 Å². The third-order valence-corrected chi connectivity index (χ3v) is 10.3. The van der Waals surface area contributed by atoms with Gasteiger partial charge in [-0.3, -0.25) is 4.79 Å². The Labute approximate surface area is 211 Å². The maximum Gasteiger partial charge on any atom is 0.343 e. The van der Waals surface area contributed by atoms with Gasteiger partial charge in [0, 0.05) is 29.2 Å². The third kappa shape index (κ3) is 4.35. The van der Waals surface area contributed by atoms with Gasteiger partial charge in [-0.1, -0.05) is 30.8 Å². The summed E-state index contributed by atoms with van der Waals surface area (Å²) in [6, 6.07) is 2.24. The Bertz CT molecular complexity index is 1010. The van der Waals surface area contributed by atoms with Crippen molar-refractivity contribution in [2.45, 2.75) is 101 Å². The van der Waals surface area contributed by atoms with Crippen LogP contribution in [0.25, 0.3) is 0 Å². The Morgan fingerprint density at radius 1 is 1.17 bits per heavy atom. The van der Waals surface area contributed by atoms with Gasteiger partial charge in [0.25, 0.3) is 0 Å². The van der Waals surface area contributed by atoms with Gasteiger partial charge in [-0.15, -0.1) is 0 Å². The SMILES string of the molecule is CCOC(=O)C1=CN2C3CC4CCCCC4CC3OC3CC(SCc4cc(C)on4)CC(C1=O)C32. The van der Waals surface area contributed by atoms with Crippen LogP contribution in [0.2, 0.25) is 0 Å². The maximum atomic E-state index is 13.6. The zero-order valence-electron chi connectivity index (χ0n) is 20.7. The summed E-state index contributed by atoms with van der Waals surface area (Å²) in [4.78, 5) is 28.9. The number of rotatable bonds is 5. The molecule has 6 rings (SSSR count). The lowest BCUT2D eigenvalue weighted by atomic mass is 9.65. The van der Waals surface area contributed by atoms with Gasteiger partial charge in [-0.2, -0.15) is 11.8 Å². The first-order valence-electron chi connectivity index (χ1n) is 13.4. The molecule has 0 aromatic carbocycles. The highest BCUT2D eigenvalue weighted by Gasteiger charge is 2.56. The van der Waals surface area contributed by atoms with Gasteiger partial charge < -0.3 is 18.9 Å². The predicted octanol–water partition coefficient (Wildman–Crippen LogP) is 4.43. The van der Waals surface area contributed by atoms with Crippen LogP contribution in [0, 0.1) is 24.7 Å². The fourth-order valence-electron chi connectivity index (χ4n) is 7.48. The molecule has 3 aliphatic carbocycles. The number of ketones is 1. The molecule has 0 radical (unpaired) electrons. The van der Waals surface area contributed by atoms with Crippen LogP contribution < -0.4 is 0 Å². The van der Waals surface area contributed by atoms with E-state index in [2.05, 4.69) is 10.1 Å². The molecule has 2 aliphatic heterocycles. The minimum absolute atomic E-state index is 0.00984. The highest BCUT2D eigenvalue weighted by Crippen LogP contribution is 2.51. The molecular weight excluding hydrogens is 464 g/mol. The lowest BCUT2D eigenvalue weighted by molar-refractivity contribution is -0.192.